The van der Waals surface area contributed by atoms with E-state index in [4.69, 9.17) is 14.0 Å². The third-order valence-electron chi connectivity index (χ3n) is 4.41. The lowest BCUT2D eigenvalue weighted by Gasteiger charge is -2.32. The van der Waals surface area contributed by atoms with Gasteiger partial charge in [0.1, 0.15) is 5.75 Å². The largest absolute Gasteiger partial charge is 0.497 e. The summed E-state index contributed by atoms with van der Waals surface area (Å²) in [5.41, 5.74) is 1.31. The maximum absolute atomic E-state index is 6.13. The highest BCUT2D eigenvalue weighted by Crippen LogP contribution is 2.37. The molecule has 1 aromatic heterocycles. The van der Waals surface area contributed by atoms with Gasteiger partial charge < -0.3 is 19.0 Å². The molecule has 2 heterocycles. The van der Waals surface area contributed by atoms with Crippen LogP contribution in [0.2, 0.25) is 0 Å². The lowest BCUT2D eigenvalue weighted by Crippen LogP contribution is -2.41. The number of benzene rings is 1. The average Bonchev–Trinajstić information content (AvgIpc) is 2.90. The third-order valence-corrected chi connectivity index (χ3v) is 4.41. The molecule has 0 amide bonds. The van der Waals surface area contributed by atoms with Crippen molar-refractivity contribution < 1.29 is 14.0 Å². The maximum atomic E-state index is 6.13. The second-order valence-electron chi connectivity index (χ2n) is 6.25. The number of rotatable bonds is 2. The number of methoxy groups -OCH3 is 1. The van der Waals surface area contributed by atoms with Gasteiger partial charge in [0, 0.05) is 22.6 Å². The van der Waals surface area contributed by atoms with Crippen molar-refractivity contribution in [2.75, 3.05) is 7.11 Å². The Morgan fingerprint density at radius 3 is 2.35 bits per heavy atom. The predicted octanol–water partition coefficient (Wildman–Crippen LogP) is 2.48. The van der Waals surface area contributed by atoms with Crippen molar-refractivity contribution in [1.29, 1.82) is 0 Å². The lowest BCUT2D eigenvalue weighted by atomic mass is 9.77. The van der Waals surface area contributed by atoms with E-state index in [0.29, 0.717) is 0 Å². The van der Waals surface area contributed by atoms with Crippen LogP contribution in [0.5, 0.6) is 5.75 Å². The SMILES string of the molecule is COc1cc(B2OC(C)(C)C(C)(C)O2)c2[nH]ccc2c1. The van der Waals surface area contributed by atoms with Crippen LogP contribution >= 0.6 is 0 Å². The summed E-state index contributed by atoms with van der Waals surface area (Å²) < 4.78 is 17.6. The Bertz CT molecular complexity index is 632. The summed E-state index contributed by atoms with van der Waals surface area (Å²) in [6.45, 7) is 8.22. The zero-order valence-corrected chi connectivity index (χ0v) is 12.6. The number of nitrogens with one attached hydrogen (secondary N) is 1. The van der Waals surface area contributed by atoms with Gasteiger partial charge in [0.05, 0.1) is 18.3 Å². The number of aromatic amines is 1. The van der Waals surface area contributed by atoms with Gasteiger partial charge >= 0.3 is 7.12 Å². The first-order valence-corrected chi connectivity index (χ1v) is 6.85. The van der Waals surface area contributed by atoms with E-state index in [9.17, 15) is 0 Å². The number of fused-ring (bicyclic) bond motifs is 1. The van der Waals surface area contributed by atoms with E-state index in [1.165, 1.54) is 0 Å². The molecule has 1 saturated heterocycles. The average molecular weight is 273 g/mol. The van der Waals surface area contributed by atoms with Crippen LogP contribution in [0.1, 0.15) is 27.7 Å². The zero-order valence-electron chi connectivity index (χ0n) is 12.6. The normalized spacial score (nSPS) is 20.6. The molecule has 0 spiro atoms. The molecule has 5 heteroatoms. The minimum atomic E-state index is -0.392. The summed E-state index contributed by atoms with van der Waals surface area (Å²) in [6.07, 6.45) is 1.92. The van der Waals surface area contributed by atoms with E-state index in [0.717, 1.165) is 22.1 Å². The van der Waals surface area contributed by atoms with Crippen LogP contribution in [0.15, 0.2) is 24.4 Å². The molecule has 0 unspecified atom stereocenters. The van der Waals surface area contributed by atoms with Gasteiger partial charge in [-0.3, -0.25) is 0 Å². The van der Waals surface area contributed by atoms with Crippen LogP contribution in [0, 0.1) is 0 Å². The van der Waals surface area contributed by atoms with Gasteiger partial charge in [-0.2, -0.15) is 0 Å². The molecule has 20 heavy (non-hydrogen) atoms. The Morgan fingerprint density at radius 1 is 1.10 bits per heavy atom. The van der Waals surface area contributed by atoms with Crippen molar-refractivity contribution in [1.82, 2.24) is 4.98 Å². The highest BCUT2D eigenvalue weighted by Gasteiger charge is 2.52. The Labute approximate surface area is 119 Å². The molecule has 1 aliphatic heterocycles. The lowest BCUT2D eigenvalue weighted by molar-refractivity contribution is 0.00578. The Morgan fingerprint density at radius 2 is 1.75 bits per heavy atom. The van der Waals surface area contributed by atoms with Crippen molar-refractivity contribution in [3.8, 4) is 5.75 Å². The van der Waals surface area contributed by atoms with Crippen LogP contribution in [0.25, 0.3) is 10.9 Å². The molecule has 2 aromatic rings. The second kappa shape index (κ2) is 4.27. The number of hydrogen-bond acceptors (Lipinski definition) is 3. The van der Waals surface area contributed by atoms with E-state index in [1.807, 2.05) is 24.4 Å². The molecule has 0 saturated carbocycles. The summed E-state index contributed by atoms with van der Waals surface area (Å²) in [4.78, 5) is 3.26. The third kappa shape index (κ3) is 1.93. The molecule has 4 nitrogen and oxygen atoms in total. The van der Waals surface area contributed by atoms with Gasteiger partial charge in [0.15, 0.2) is 0 Å². The van der Waals surface area contributed by atoms with Gasteiger partial charge in [-0.1, -0.05) is 0 Å². The zero-order chi connectivity index (χ0) is 14.5. The quantitative estimate of drug-likeness (QED) is 0.855. The summed E-state index contributed by atoms with van der Waals surface area (Å²) in [5.74, 6) is 0.807. The first-order valence-electron chi connectivity index (χ1n) is 6.85. The van der Waals surface area contributed by atoms with Crippen molar-refractivity contribution in [3.63, 3.8) is 0 Å². The minimum absolute atomic E-state index is 0.348. The number of ether oxygens (including phenoxy) is 1. The van der Waals surface area contributed by atoms with Crippen LogP contribution in [0.3, 0.4) is 0 Å². The molecule has 1 fully saturated rings. The number of hydrogen-bond donors (Lipinski definition) is 1. The van der Waals surface area contributed by atoms with E-state index < -0.39 is 7.12 Å². The predicted molar refractivity (Wildman–Crippen MR) is 80.6 cm³/mol. The first-order chi connectivity index (χ1) is 9.34. The highest BCUT2D eigenvalue weighted by molar-refractivity contribution is 6.65. The second-order valence-corrected chi connectivity index (χ2v) is 6.25. The van der Waals surface area contributed by atoms with Gasteiger partial charge in [-0.05, 0) is 45.9 Å². The molecule has 3 rings (SSSR count). The van der Waals surface area contributed by atoms with Gasteiger partial charge in [0.2, 0.25) is 0 Å². The first kappa shape index (κ1) is 13.5. The van der Waals surface area contributed by atoms with Gasteiger partial charge in [-0.25, -0.2) is 0 Å². The number of aromatic nitrogens is 1. The Hall–Kier alpha value is -1.46. The molecule has 0 radical (unpaired) electrons. The van der Waals surface area contributed by atoms with Crippen molar-refractivity contribution >= 4 is 23.5 Å². The van der Waals surface area contributed by atoms with Gasteiger partial charge in [-0.15, -0.1) is 0 Å². The van der Waals surface area contributed by atoms with Crippen molar-refractivity contribution in [2.24, 2.45) is 0 Å². The highest BCUT2D eigenvalue weighted by atomic mass is 16.7. The minimum Gasteiger partial charge on any atom is -0.497 e. The Balaban J connectivity index is 2.09. The van der Waals surface area contributed by atoms with Crippen LogP contribution in [-0.4, -0.2) is 30.4 Å². The van der Waals surface area contributed by atoms with Crippen LogP contribution in [0.4, 0.5) is 0 Å². The topological polar surface area (TPSA) is 43.5 Å². The molecule has 106 valence electrons. The monoisotopic (exact) mass is 273 g/mol. The summed E-state index contributed by atoms with van der Waals surface area (Å²) >= 11 is 0. The smallest absolute Gasteiger partial charge is 0.497 e. The van der Waals surface area contributed by atoms with E-state index in [-0.39, 0.29) is 11.2 Å². The van der Waals surface area contributed by atoms with E-state index >= 15 is 0 Å². The van der Waals surface area contributed by atoms with Crippen LogP contribution < -0.4 is 10.2 Å². The van der Waals surface area contributed by atoms with Crippen molar-refractivity contribution in [3.05, 3.63) is 24.4 Å². The summed E-state index contributed by atoms with van der Waals surface area (Å²) in [7, 11) is 1.28. The summed E-state index contributed by atoms with van der Waals surface area (Å²) in [5, 5.41) is 1.09. The molecule has 0 bridgehead atoms. The Kier molecular flexibility index (Phi) is 2.89. The molecule has 1 aromatic carbocycles. The number of H-pyrrole nitrogens is 1. The molecular formula is C15H20BNO3. The fourth-order valence-electron chi connectivity index (χ4n) is 2.45. The fraction of sp³-hybridized carbons (Fsp3) is 0.467. The van der Waals surface area contributed by atoms with E-state index in [1.54, 1.807) is 7.11 Å². The molecule has 0 aliphatic carbocycles. The standard InChI is InChI=1S/C15H20BNO3/c1-14(2)15(3,4)20-16(19-14)12-9-11(18-5)8-10-6-7-17-13(10)12/h6-9,17H,1-5H3. The summed E-state index contributed by atoms with van der Waals surface area (Å²) in [6, 6.07) is 5.99. The maximum Gasteiger partial charge on any atom is 0.497 e. The molecular weight excluding hydrogens is 253 g/mol. The van der Waals surface area contributed by atoms with Gasteiger partial charge in [0.25, 0.3) is 0 Å². The fourth-order valence-corrected chi connectivity index (χ4v) is 2.45. The van der Waals surface area contributed by atoms with Crippen LogP contribution in [-0.2, 0) is 9.31 Å². The molecule has 0 atom stereocenters. The molecule has 1 N–H and O–H groups in total. The molecule has 1 aliphatic rings. The van der Waals surface area contributed by atoms with Crippen molar-refractivity contribution in [2.45, 2.75) is 38.9 Å². The van der Waals surface area contributed by atoms with E-state index in [2.05, 4.69) is 32.7 Å².